The van der Waals surface area contributed by atoms with Gasteiger partial charge in [-0.25, -0.2) is 0 Å². The summed E-state index contributed by atoms with van der Waals surface area (Å²) in [5, 5.41) is 21.1. The molecule has 0 saturated heterocycles. The lowest BCUT2D eigenvalue weighted by Gasteiger charge is -2.23. The Bertz CT molecular complexity index is 1350. The third-order valence-electron chi connectivity index (χ3n) is 9.26. The van der Waals surface area contributed by atoms with Crippen molar-refractivity contribution < 1.29 is 29.4 Å². The van der Waals surface area contributed by atoms with E-state index in [4.69, 9.17) is 0 Å². The van der Waals surface area contributed by atoms with Crippen LogP contribution in [0.3, 0.4) is 0 Å². The molecule has 0 aliphatic rings. The van der Waals surface area contributed by atoms with E-state index in [0.717, 1.165) is 88.2 Å². The Kier molecular flexibility index (Phi) is 20.3. The van der Waals surface area contributed by atoms with E-state index in [1.165, 1.54) is 12.1 Å². The van der Waals surface area contributed by atoms with Crippen LogP contribution in [0, 0.1) is 11.8 Å². The summed E-state index contributed by atoms with van der Waals surface area (Å²) in [4.78, 5) is 53.2. The predicted octanol–water partition coefficient (Wildman–Crippen LogP) is 7.96. The zero-order valence-electron chi connectivity index (χ0n) is 30.9. The van der Waals surface area contributed by atoms with E-state index >= 15 is 0 Å². The summed E-state index contributed by atoms with van der Waals surface area (Å²) in [6, 6.07) is 9.99. The molecule has 0 saturated carbocycles. The summed E-state index contributed by atoms with van der Waals surface area (Å²) in [5.41, 5.74) is 11.8. The number of benzene rings is 2. The standard InChI is InChI=1S/C40H62N4O6/c1-5-9-12-14-16-22-29-24-18-26-33(45)35(29)39(49)43-41-37(47)31(20-8-4)28-32(21-11-7-3)38(48)42-44-40(50)36-30(25-19-27-34(36)46)23-17-15-13-10-6-2/h18-19,24-27,31-32,45-46H,5-17,20-23,28H2,1-4H3,(H,41,47)(H,42,48)(H,43,49)(H,44,50). The van der Waals surface area contributed by atoms with Gasteiger partial charge in [-0.1, -0.05) is 123 Å². The lowest BCUT2D eigenvalue weighted by molar-refractivity contribution is -0.129. The fourth-order valence-corrected chi connectivity index (χ4v) is 6.37. The highest BCUT2D eigenvalue weighted by molar-refractivity contribution is 6.00. The van der Waals surface area contributed by atoms with Crippen molar-refractivity contribution in [3.63, 3.8) is 0 Å². The van der Waals surface area contributed by atoms with E-state index in [9.17, 15) is 29.4 Å². The second-order valence-electron chi connectivity index (χ2n) is 13.4. The van der Waals surface area contributed by atoms with E-state index in [1.54, 1.807) is 12.1 Å². The molecule has 2 rings (SSSR count). The molecule has 0 heterocycles. The van der Waals surface area contributed by atoms with Crippen molar-refractivity contribution in [2.24, 2.45) is 11.8 Å². The number of hydrazine groups is 2. The summed E-state index contributed by atoms with van der Waals surface area (Å²) in [6.07, 6.45) is 15.5. The summed E-state index contributed by atoms with van der Waals surface area (Å²) < 4.78 is 0. The molecule has 10 nitrogen and oxygen atoms in total. The highest BCUT2D eigenvalue weighted by Crippen LogP contribution is 2.26. The molecule has 278 valence electrons. The molecule has 2 unspecified atom stereocenters. The largest absolute Gasteiger partial charge is 0.507 e. The molecule has 4 amide bonds. The first kappa shape index (κ1) is 42.1. The highest BCUT2D eigenvalue weighted by atomic mass is 16.3. The molecular weight excluding hydrogens is 632 g/mol. The fourth-order valence-electron chi connectivity index (χ4n) is 6.37. The van der Waals surface area contributed by atoms with E-state index in [-0.39, 0.29) is 29.0 Å². The number of nitrogens with one attached hydrogen (secondary N) is 4. The van der Waals surface area contributed by atoms with E-state index < -0.39 is 35.5 Å². The number of hydrogen-bond donors (Lipinski definition) is 6. The molecule has 0 aliphatic heterocycles. The number of unbranched alkanes of at least 4 members (excludes halogenated alkanes) is 9. The number of phenols is 2. The topological polar surface area (TPSA) is 157 Å². The first-order valence-corrected chi connectivity index (χ1v) is 19.0. The Morgan fingerprint density at radius 3 is 1.36 bits per heavy atom. The zero-order chi connectivity index (χ0) is 36.7. The van der Waals surface area contributed by atoms with Crippen molar-refractivity contribution in [2.45, 2.75) is 143 Å². The quantitative estimate of drug-likeness (QED) is 0.0512. The Labute approximate surface area is 299 Å². The summed E-state index contributed by atoms with van der Waals surface area (Å²) >= 11 is 0. The first-order chi connectivity index (χ1) is 24.2. The maximum Gasteiger partial charge on any atom is 0.273 e. The van der Waals surface area contributed by atoms with Crippen molar-refractivity contribution in [3.8, 4) is 11.5 Å². The molecule has 2 atom stereocenters. The van der Waals surface area contributed by atoms with Crippen molar-refractivity contribution >= 4 is 23.6 Å². The Balaban J connectivity index is 2.06. The molecule has 0 radical (unpaired) electrons. The Morgan fingerprint density at radius 2 is 0.940 bits per heavy atom. The van der Waals surface area contributed by atoms with Crippen molar-refractivity contribution in [3.05, 3.63) is 58.7 Å². The van der Waals surface area contributed by atoms with Gasteiger partial charge in [-0.15, -0.1) is 0 Å². The van der Waals surface area contributed by atoms with Crippen molar-refractivity contribution in [1.29, 1.82) is 0 Å². The van der Waals surface area contributed by atoms with Crippen LogP contribution in [0.5, 0.6) is 11.5 Å². The van der Waals surface area contributed by atoms with Crippen LogP contribution < -0.4 is 21.7 Å². The molecule has 2 aromatic carbocycles. The molecule has 2 aromatic rings. The number of carbonyl (C=O) groups is 4. The molecule has 0 bridgehead atoms. The molecule has 0 fully saturated rings. The average Bonchev–Trinajstić information content (AvgIpc) is 3.10. The second-order valence-corrected chi connectivity index (χ2v) is 13.4. The number of carbonyl (C=O) groups excluding carboxylic acids is 4. The van der Waals surface area contributed by atoms with Crippen LogP contribution in [0.4, 0.5) is 0 Å². The third kappa shape index (κ3) is 14.4. The zero-order valence-corrected chi connectivity index (χ0v) is 30.9. The summed E-state index contributed by atoms with van der Waals surface area (Å²) in [5.74, 6) is -3.47. The number of amides is 4. The molecular formula is C40H62N4O6. The monoisotopic (exact) mass is 694 g/mol. The number of aryl methyl sites for hydroxylation is 2. The van der Waals surface area contributed by atoms with Crippen molar-refractivity contribution in [1.82, 2.24) is 21.7 Å². The Morgan fingerprint density at radius 1 is 0.520 bits per heavy atom. The minimum Gasteiger partial charge on any atom is -0.507 e. The van der Waals surface area contributed by atoms with E-state index in [1.807, 2.05) is 26.0 Å². The van der Waals surface area contributed by atoms with Gasteiger partial charge in [0.15, 0.2) is 0 Å². The number of rotatable bonds is 23. The van der Waals surface area contributed by atoms with Gasteiger partial charge >= 0.3 is 0 Å². The molecule has 50 heavy (non-hydrogen) atoms. The van der Waals surface area contributed by atoms with Crippen LogP contribution in [0.15, 0.2) is 36.4 Å². The normalized spacial score (nSPS) is 12.2. The Hall–Kier alpha value is -4.08. The number of hydrogen-bond acceptors (Lipinski definition) is 6. The second kappa shape index (κ2) is 24.1. The smallest absolute Gasteiger partial charge is 0.273 e. The maximum absolute atomic E-state index is 13.4. The SMILES string of the molecule is CCCCCCCc1cccc(O)c1C(=O)NNC(=O)C(CCC)CC(CCCC)C(=O)NNC(=O)c1c(O)cccc1CCCCCCC. The lowest BCUT2D eigenvalue weighted by Crippen LogP contribution is -2.47. The van der Waals surface area contributed by atoms with Gasteiger partial charge < -0.3 is 10.2 Å². The van der Waals surface area contributed by atoms with Crippen LogP contribution in [-0.4, -0.2) is 33.8 Å². The van der Waals surface area contributed by atoms with Crippen molar-refractivity contribution in [2.75, 3.05) is 0 Å². The summed E-state index contributed by atoms with van der Waals surface area (Å²) in [7, 11) is 0. The molecule has 10 heteroatoms. The molecule has 0 spiro atoms. The van der Waals surface area contributed by atoms with Gasteiger partial charge in [0.05, 0.1) is 11.1 Å². The van der Waals surface area contributed by atoms with Gasteiger partial charge in [0.2, 0.25) is 11.8 Å². The fraction of sp³-hybridized carbons (Fsp3) is 0.600. The highest BCUT2D eigenvalue weighted by Gasteiger charge is 2.28. The van der Waals surface area contributed by atoms with Gasteiger partial charge in [-0.2, -0.15) is 0 Å². The van der Waals surface area contributed by atoms with Gasteiger partial charge in [0.1, 0.15) is 11.5 Å². The van der Waals surface area contributed by atoms with E-state index in [0.29, 0.717) is 32.1 Å². The third-order valence-corrected chi connectivity index (χ3v) is 9.26. The van der Waals surface area contributed by atoms with Crippen LogP contribution in [0.1, 0.15) is 162 Å². The van der Waals surface area contributed by atoms with Gasteiger partial charge in [-0.05, 0) is 68.2 Å². The van der Waals surface area contributed by atoms with Gasteiger partial charge in [0, 0.05) is 11.8 Å². The van der Waals surface area contributed by atoms with Crippen LogP contribution in [0.25, 0.3) is 0 Å². The molecule has 0 aromatic heterocycles. The van der Waals surface area contributed by atoms with Crippen LogP contribution in [0.2, 0.25) is 0 Å². The minimum atomic E-state index is -0.595. The van der Waals surface area contributed by atoms with Gasteiger partial charge in [-0.3, -0.25) is 40.9 Å². The number of aromatic hydroxyl groups is 2. The van der Waals surface area contributed by atoms with Crippen LogP contribution in [-0.2, 0) is 22.4 Å². The first-order valence-electron chi connectivity index (χ1n) is 19.0. The maximum atomic E-state index is 13.4. The van der Waals surface area contributed by atoms with Crippen LogP contribution >= 0.6 is 0 Å². The summed E-state index contributed by atoms with van der Waals surface area (Å²) in [6.45, 7) is 8.27. The average molecular weight is 695 g/mol. The molecule has 0 aliphatic carbocycles. The number of phenolic OH excluding ortho intramolecular Hbond substituents is 2. The predicted molar refractivity (Wildman–Crippen MR) is 198 cm³/mol. The van der Waals surface area contributed by atoms with E-state index in [2.05, 4.69) is 35.6 Å². The van der Waals surface area contributed by atoms with Gasteiger partial charge in [0.25, 0.3) is 11.8 Å². The molecule has 6 N–H and O–H groups in total. The minimum absolute atomic E-state index is 0.144. The lowest BCUT2D eigenvalue weighted by atomic mass is 9.87.